The molecule has 3 N–H and O–H groups in total. The molecule has 0 heterocycles. The Hall–Kier alpha value is -2.40. The topological polar surface area (TPSA) is 75.4 Å². The molecule has 0 spiro atoms. The first-order valence-corrected chi connectivity index (χ1v) is 9.71. The lowest BCUT2D eigenvalue weighted by atomic mass is 10.0. The maximum Gasteiger partial charge on any atom is 0.242 e. The second kappa shape index (κ2) is 8.09. The molecular formula is C22H29N3O2. The van der Waals surface area contributed by atoms with Crippen molar-refractivity contribution in [2.45, 2.75) is 51.7 Å². The minimum absolute atomic E-state index is 0.00628. The second-order valence-electron chi connectivity index (χ2n) is 7.80. The van der Waals surface area contributed by atoms with Crippen molar-refractivity contribution in [1.29, 1.82) is 0 Å². The molecule has 1 aliphatic carbocycles. The molecule has 5 heteroatoms. The van der Waals surface area contributed by atoms with E-state index < -0.39 is 6.04 Å². The summed E-state index contributed by atoms with van der Waals surface area (Å²) in [4.78, 5) is 26.9. The van der Waals surface area contributed by atoms with Crippen molar-refractivity contribution in [3.63, 3.8) is 0 Å². The van der Waals surface area contributed by atoms with E-state index in [9.17, 15) is 9.59 Å². The Balaban J connectivity index is 1.72. The van der Waals surface area contributed by atoms with Crippen molar-refractivity contribution in [1.82, 2.24) is 10.2 Å². The van der Waals surface area contributed by atoms with Crippen molar-refractivity contribution in [3.05, 3.63) is 48.0 Å². The van der Waals surface area contributed by atoms with Crippen LogP contribution < -0.4 is 11.1 Å². The van der Waals surface area contributed by atoms with E-state index >= 15 is 0 Å². The predicted molar refractivity (Wildman–Crippen MR) is 108 cm³/mol. The highest BCUT2D eigenvalue weighted by molar-refractivity contribution is 5.88. The number of hydrogen-bond acceptors (Lipinski definition) is 3. The number of nitrogens with two attached hydrogens (primary N) is 1. The minimum atomic E-state index is -0.593. The summed E-state index contributed by atoms with van der Waals surface area (Å²) in [5.41, 5.74) is 6.97. The van der Waals surface area contributed by atoms with E-state index in [1.165, 1.54) is 10.8 Å². The highest BCUT2D eigenvalue weighted by Gasteiger charge is 2.36. The molecule has 144 valence electrons. The summed E-state index contributed by atoms with van der Waals surface area (Å²) in [6.07, 6.45) is 2.03. The lowest BCUT2D eigenvalue weighted by molar-refractivity contribution is -0.135. The van der Waals surface area contributed by atoms with Gasteiger partial charge in [-0.25, -0.2) is 0 Å². The van der Waals surface area contributed by atoms with Gasteiger partial charge >= 0.3 is 0 Å². The molecular weight excluding hydrogens is 338 g/mol. The number of amides is 2. The monoisotopic (exact) mass is 367 g/mol. The van der Waals surface area contributed by atoms with Crippen LogP contribution >= 0.6 is 0 Å². The number of carbonyl (C=O) groups is 2. The zero-order chi connectivity index (χ0) is 19.6. The zero-order valence-electron chi connectivity index (χ0n) is 16.3. The third-order valence-electron chi connectivity index (χ3n) is 5.34. The maximum atomic E-state index is 12.9. The maximum absolute atomic E-state index is 12.9. The van der Waals surface area contributed by atoms with Crippen LogP contribution in [0.2, 0.25) is 0 Å². The third kappa shape index (κ3) is 4.48. The van der Waals surface area contributed by atoms with Crippen molar-refractivity contribution >= 4 is 22.6 Å². The van der Waals surface area contributed by atoms with Crippen LogP contribution in [0, 0.1) is 5.92 Å². The highest BCUT2D eigenvalue weighted by Crippen LogP contribution is 2.35. The van der Waals surface area contributed by atoms with Crippen molar-refractivity contribution in [2.24, 2.45) is 11.7 Å². The van der Waals surface area contributed by atoms with E-state index in [2.05, 4.69) is 42.6 Å². The Morgan fingerprint density at radius 1 is 1.11 bits per heavy atom. The molecule has 2 aromatic carbocycles. The molecule has 1 aliphatic rings. The summed E-state index contributed by atoms with van der Waals surface area (Å²) in [6, 6.07) is 14.2. The Morgan fingerprint density at radius 2 is 1.78 bits per heavy atom. The van der Waals surface area contributed by atoms with Gasteiger partial charge in [0.25, 0.3) is 0 Å². The van der Waals surface area contributed by atoms with Gasteiger partial charge in [0, 0.05) is 6.04 Å². The Labute approximate surface area is 160 Å². The Kier molecular flexibility index (Phi) is 5.80. The quantitative estimate of drug-likeness (QED) is 0.790. The van der Waals surface area contributed by atoms with Gasteiger partial charge in [-0.1, -0.05) is 50.2 Å². The number of nitrogens with zero attached hydrogens (tertiary/aromatic N) is 1. The van der Waals surface area contributed by atoms with Crippen LogP contribution in [0.15, 0.2) is 42.5 Å². The van der Waals surface area contributed by atoms with E-state index in [4.69, 9.17) is 5.73 Å². The molecule has 0 aliphatic heterocycles. The molecule has 0 radical (unpaired) electrons. The molecule has 27 heavy (non-hydrogen) atoms. The molecule has 0 aromatic heterocycles. The van der Waals surface area contributed by atoms with Crippen molar-refractivity contribution < 1.29 is 9.59 Å². The van der Waals surface area contributed by atoms with Gasteiger partial charge in [0.2, 0.25) is 11.8 Å². The zero-order valence-corrected chi connectivity index (χ0v) is 16.3. The summed E-state index contributed by atoms with van der Waals surface area (Å²) in [5, 5.41) is 5.06. The van der Waals surface area contributed by atoms with E-state index in [1.807, 2.05) is 30.9 Å². The number of benzene rings is 2. The average molecular weight is 367 g/mol. The standard InChI is InChI=1S/C22H29N3O2/c1-14(2)21(23)22(27)24-13-20(26)25(19-10-11-19)15(3)17-9-8-16-6-4-5-7-18(16)12-17/h4-9,12,14-15,19,21H,10-11,13,23H2,1-3H3,(H,24,27)/t15?,21-/m0/s1. The fourth-order valence-electron chi connectivity index (χ4n) is 3.39. The molecule has 2 atom stereocenters. The minimum Gasteiger partial charge on any atom is -0.346 e. The summed E-state index contributed by atoms with van der Waals surface area (Å²) in [7, 11) is 0. The van der Waals surface area contributed by atoms with Crippen LogP contribution in [0.5, 0.6) is 0 Å². The lowest BCUT2D eigenvalue weighted by Gasteiger charge is -2.30. The molecule has 1 fully saturated rings. The summed E-state index contributed by atoms with van der Waals surface area (Å²) >= 11 is 0. The van der Waals surface area contributed by atoms with Crippen LogP contribution in [-0.4, -0.2) is 35.3 Å². The lowest BCUT2D eigenvalue weighted by Crippen LogP contribution is -2.48. The van der Waals surface area contributed by atoms with Crippen LogP contribution in [0.3, 0.4) is 0 Å². The van der Waals surface area contributed by atoms with E-state index in [0.717, 1.165) is 18.4 Å². The summed E-state index contributed by atoms with van der Waals surface area (Å²) < 4.78 is 0. The number of carbonyl (C=O) groups excluding carboxylic acids is 2. The van der Waals surface area contributed by atoms with Gasteiger partial charge in [-0.3, -0.25) is 9.59 Å². The molecule has 2 aromatic rings. The smallest absolute Gasteiger partial charge is 0.242 e. The van der Waals surface area contributed by atoms with Gasteiger partial charge in [0.15, 0.2) is 0 Å². The third-order valence-corrected chi connectivity index (χ3v) is 5.34. The second-order valence-corrected chi connectivity index (χ2v) is 7.80. The molecule has 5 nitrogen and oxygen atoms in total. The van der Waals surface area contributed by atoms with Crippen LogP contribution in [-0.2, 0) is 9.59 Å². The SMILES string of the molecule is CC(C)[C@H](N)C(=O)NCC(=O)N(C1CC1)C(C)c1ccc2ccccc2c1. The molecule has 1 unspecified atom stereocenters. The van der Waals surface area contributed by atoms with Crippen LogP contribution in [0.1, 0.15) is 45.2 Å². The normalized spacial score (nSPS) is 16.2. The van der Waals surface area contributed by atoms with Crippen LogP contribution in [0.4, 0.5) is 0 Å². The first kappa shape index (κ1) is 19.4. The molecule has 0 bridgehead atoms. The van der Waals surface area contributed by atoms with Gasteiger partial charge < -0.3 is 16.0 Å². The Bertz CT molecular complexity index is 829. The van der Waals surface area contributed by atoms with E-state index in [1.54, 1.807) is 0 Å². The van der Waals surface area contributed by atoms with Crippen molar-refractivity contribution in [3.8, 4) is 0 Å². The molecule has 1 saturated carbocycles. The van der Waals surface area contributed by atoms with Gasteiger partial charge in [-0.2, -0.15) is 0 Å². The first-order valence-electron chi connectivity index (χ1n) is 9.71. The number of rotatable bonds is 7. The van der Waals surface area contributed by atoms with E-state index in [-0.39, 0.29) is 36.4 Å². The largest absolute Gasteiger partial charge is 0.346 e. The molecule has 2 amide bonds. The Morgan fingerprint density at radius 3 is 2.41 bits per heavy atom. The first-order chi connectivity index (χ1) is 12.9. The van der Waals surface area contributed by atoms with Crippen LogP contribution in [0.25, 0.3) is 10.8 Å². The molecule has 0 saturated heterocycles. The van der Waals surface area contributed by atoms with Gasteiger partial charge in [-0.15, -0.1) is 0 Å². The fraction of sp³-hybridized carbons (Fsp3) is 0.455. The fourth-order valence-corrected chi connectivity index (χ4v) is 3.39. The van der Waals surface area contributed by atoms with Crippen molar-refractivity contribution in [2.75, 3.05) is 6.54 Å². The summed E-state index contributed by atoms with van der Waals surface area (Å²) in [6.45, 7) is 5.84. The number of fused-ring (bicyclic) bond motifs is 1. The van der Waals surface area contributed by atoms with Gasteiger partial charge in [0.1, 0.15) is 0 Å². The van der Waals surface area contributed by atoms with Gasteiger partial charge in [-0.05, 0) is 48.1 Å². The van der Waals surface area contributed by atoms with E-state index in [0.29, 0.717) is 0 Å². The number of hydrogen-bond donors (Lipinski definition) is 2. The van der Waals surface area contributed by atoms with Gasteiger partial charge in [0.05, 0.1) is 18.6 Å². The predicted octanol–water partition coefficient (Wildman–Crippen LogP) is 2.99. The highest BCUT2D eigenvalue weighted by atomic mass is 16.2. The average Bonchev–Trinajstić information content (AvgIpc) is 3.49. The summed E-state index contributed by atoms with van der Waals surface area (Å²) in [5.74, 6) is -0.286. The number of nitrogens with one attached hydrogen (secondary N) is 1. The molecule has 3 rings (SSSR count).